The highest BCUT2D eigenvalue weighted by molar-refractivity contribution is 6.06. The Labute approximate surface area is 162 Å². The first-order chi connectivity index (χ1) is 13.7. The predicted octanol–water partition coefficient (Wildman–Crippen LogP) is 4.61. The number of anilines is 1. The molecule has 0 fully saturated rings. The van der Waals surface area contributed by atoms with Crippen LogP contribution in [0.15, 0.2) is 77.6 Å². The van der Waals surface area contributed by atoms with Gasteiger partial charge in [0.2, 0.25) is 5.82 Å². The quantitative estimate of drug-likeness (QED) is 0.555. The van der Waals surface area contributed by atoms with E-state index < -0.39 is 0 Å². The Kier molecular flexibility index (Phi) is 4.93. The average molecular weight is 370 g/mol. The van der Waals surface area contributed by atoms with Crippen molar-refractivity contribution < 1.29 is 9.32 Å². The smallest absolute Gasteiger partial charge is 0.260 e. The van der Waals surface area contributed by atoms with Gasteiger partial charge in [0.25, 0.3) is 11.8 Å². The first kappa shape index (κ1) is 17.6. The molecule has 0 aliphatic rings. The molecule has 1 N–H and O–H groups in total. The summed E-state index contributed by atoms with van der Waals surface area (Å²) >= 11 is 0. The lowest BCUT2D eigenvalue weighted by Gasteiger charge is -2.09. The van der Waals surface area contributed by atoms with Crippen molar-refractivity contribution in [3.63, 3.8) is 0 Å². The largest absolute Gasteiger partial charge is 0.334 e. The summed E-state index contributed by atoms with van der Waals surface area (Å²) in [7, 11) is 0. The molecule has 0 saturated heterocycles. The van der Waals surface area contributed by atoms with E-state index in [9.17, 15) is 4.79 Å². The third-order valence-corrected chi connectivity index (χ3v) is 4.39. The van der Waals surface area contributed by atoms with E-state index in [1.54, 1.807) is 12.4 Å². The fourth-order valence-electron chi connectivity index (χ4n) is 2.82. The Morgan fingerprint density at radius 1 is 1.00 bits per heavy atom. The van der Waals surface area contributed by atoms with E-state index in [2.05, 4.69) is 27.4 Å². The highest BCUT2D eigenvalue weighted by Crippen LogP contribution is 2.28. The van der Waals surface area contributed by atoms with Crippen LogP contribution >= 0.6 is 0 Å². The lowest BCUT2D eigenvalue weighted by molar-refractivity contribution is 0.102. The Bertz CT molecular complexity index is 1090. The molecule has 0 bridgehead atoms. The minimum absolute atomic E-state index is 0.191. The zero-order chi connectivity index (χ0) is 19.3. The molecule has 0 aliphatic heterocycles. The number of carbonyl (C=O) groups is 1. The van der Waals surface area contributed by atoms with E-state index in [4.69, 9.17) is 4.52 Å². The molecule has 0 atom stereocenters. The van der Waals surface area contributed by atoms with Crippen LogP contribution in [0.5, 0.6) is 0 Å². The third-order valence-electron chi connectivity index (χ3n) is 4.39. The summed E-state index contributed by atoms with van der Waals surface area (Å²) in [5.74, 6) is 0.613. The second kappa shape index (κ2) is 7.84. The van der Waals surface area contributed by atoms with Gasteiger partial charge in [0.15, 0.2) is 0 Å². The average Bonchev–Trinajstić information content (AvgIpc) is 3.25. The number of nitrogens with one attached hydrogen (secondary N) is 1. The first-order valence-corrected chi connectivity index (χ1v) is 8.98. The Morgan fingerprint density at radius 2 is 1.75 bits per heavy atom. The number of nitrogens with zero attached hydrogens (tertiary/aromatic N) is 3. The summed E-state index contributed by atoms with van der Waals surface area (Å²) in [6.45, 7) is 2.08. The molecule has 2 aromatic carbocycles. The van der Waals surface area contributed by atoms with Gasteiger partial charge in [-0.15, -0.1) is 0 Å². The van der Waals surface area contributed by atoms with Gasteiger partial charge in [-0.1, -0.05) is 36.3 Å². The molecule has 0 unspecified atom stereocenters. The topological polar surface area (TPSA) is 80.9 Å². The summed E-state index contributed by atoms with van der Waals surface area (Å²) in [6.07, 6.45) is 4.27. The molecule has 138 valence electrons. The van der Waals surface area contributed by atoms with Gasteiger partial charge in [-0.3, -0.25) is 9.78 Å². The van der Waals surface area contributed by atoms with Crippen LogP contribution in [0.3, 0.4) is 0 Å². The molecule has 0 radical (unpaired) electrons. The van der Waals surface area contributed by atoms with Gasteiger partial charge >= 0.3 is 0 Å². The van der Waals surface area contributed by atoms with Gasteiger partial charge in [0.1, 0.15) is 0 Å². The normalized spacial score (nSPS) is 10.6. The van der Waals surface area contributed by atoms with Gasteiger partial charge in [-0.05, 0) is 48.4 Å². The van der Waals surface area contributed by atoms with E-state index in [1.807, 2.05) is 60.7 Å². The van der Waals surface area contributed by atoms with Gasteiger partial charge in [-0.2, -0.15) is 4.98 Å². The van der Waals surface area contributed by atoms with Gasteiger partial charge in [0.05, 0.1) is 11.3 Å². The lowest BCUT2D eigenvalue weighted by atomic mass is 10.1. The fourth-order valence-corrected chi connectivity index (χ4v) is 2.82. The molecule has 6 nitrogen and oxygen atoms in total. The fraction of sp³-hybridized carbons (Fsp3) is 0.0909. The molecule has 0 saturated carbocycles. The van der Waals surface area contributed by atoms with Crippen LogP contribution in [0, 0.1) is 0 Å². The molecular weight excluding hydrogens is 352 g/mol. The summed E-state index contributed by atoms with van der Waals surface area (Å²) < 4.78 is 5.43. The minimum atomic E-state index is -0.191. The first-order valence-electron chi connectivity index (χ1n) is 8.98. The lowest BCUT2D eigenvalue weighted by Crippen LogP contribution is -2.12. The van der Waals surface area contributed by atoms with Gasteiger partial charge < -0.3 is 9.84 Å². The monoisotopic (exact) mass is 370 g/mol. The predicted molar refractivity (Wildman–Crippen MR) is 107 cm³/mol. The molecule has 1 amide bonds. The van der Waals surface area contributed by atoms with Crippen molar-refractivity contribution in [2.45, 2.75) is 13.3 Å². The molecule has 6 heteroatoms. The van der Waals surface area contributed by atoms with E-state index in [0.29, 0.717) is 28.5 Å². The number of hydrogen-bond donors (Lipinski definition) is 1. The molecule has 28 heavy (non-hydrogen) atoms. The summed E-state index contributed by atoms with van der Waals surface area (Å²) in [6, 6.07) is 18.5. The van der Waals surface area contributed by atoms with Crippen molar-refractivity contribution in [3.05, 3.63) is 84.2 Å². The second-order valence-electron chi connectivity index (χ2n) is 6.21. The van der Waals surface area contributed by atoms with Crippen molar-refractivity contribution in [2.24, 2.45) is 0 Å². The van der Waals surface area contributed by atoms with Crippen LogP contribution in [0.4, 0.5) is 5.69 Å². The second-order valence-corrected chi connectivity index (χ2v) is 6.21. The molecular formula is C22H18N4O2. The molecule has 2 heterocycles. The summed E-state index contributed by atoms with van der Waals surface area (Å²) in [5.41, 5.74) is 3.86. The van der Waals surface area contributed by atoms with Gasteiger partial charge in [-0.25, -0.2) is 0 Å². The number of pyridine rings is 1. The van der Waals surface area contributed by atoms with Gasteiger partial charge in [0, 0.05) is 23.5 Å². The van der Waals surface area contributed by atoms with Crippen LogP contribution in [0.25, 0.3) is 22.8 Å². The van der Waals surface area contributed by atoms with Crippen molar-refractivity contribution in [1.29, 1.82) is 0 Å². The maximum absolute atomic E-state index is 12.6. The number of para-hydroxylation sites is 1. The van der Waals surface area contributed by atoms with Crippen LogP contribution in [0.1, 0.15) is 22.8 Å². The number of aryl methyl sites for hydroxylation is 1. The van der Waals surface area contributed by atoms with E-state index >= 15 is 0 Å². The SMILES string of the molecule is CCc1ccc(C(=O)Nc2ccccc2-c2nc(-c3ccncc3)no2)cc1. The number of hydrogen-bond acceptors (Lipinski definition) is 5. The standard InChI is InChI=1S/C22H18N4O2/c1-2-15-7-9-17(10-8-15)21(27)24-19-6-4-3-5-18(19)22-25-20(26-28-22)16-11-13-23-14-12-16/h3-14H,2H2,1H3,(H,24,27). The van der Waals surface area contributed by atoms with Crippen LogP contribution in [-0.2, 0) is 6.42 Å². The van der Waals surface area contributed by atoms with Crippen molar-refractivity contribution >= 4 is 11.6 Å². The van der Waals surface area contributed by atoms with E-state index in [-0.39, 0.29) is 5.91 Å². The van der Waals surface area contributed by atoms with E-state index in [1.165, 1.54) is 5.56 Å². The van der Waals surface area contributed by atoms with Crippen molar-refractivity contribution in [3.8, 4) is 22.8 Å². The molecule has 4 rings (SSSR count). The molecule has 0 aliphatic carbocycles. The molecule has 2 aromatic heterocycles. The maximum Gasteiger partial charge on any atom is 0.260 e. The minimum Gasteiger partial charge on any atom is -0.334 e. The number of amides is 1. The highest BCUT2D eigenvalue weighted by Gasteiger charge is 2.16. The number of rotatable bonds is 5. The number of aromatic nitrogens is 3. The van der Waals surface area contributed by atoms with Crippen molar-refractivity contribution in [1.82, 2.24) is 15.1 Å². The third kappa shape index (κ3) is 3.66. The summed E-state index contributed by atoms with van der Waals surface area (Å²) in [4.78, 5) is 21.1. The summed E-state index contributed by atoms with van der Waals surface area (Å²) in [5, 5.41) is 6.97. The molecule has 4 aromatic rings. The number of benzene rings is 2. The van der Waals surface area contributed by atoms with Crippen LogP contribution < -0.4 is 5.32 Å². The highest BCUT2D eigenvalue weighted by atomic mass is 16.5. The van der Waals surface area contributed by atoms with E-state index in [0.717, 1.165) is 12.0 Å². The van der Waals surface area contributed by atoms with Crippen LogP contribution in [0.2, 0.25) is 0 Å². The zero-order valence-electron chi connectivity index (χ0n) is 15.3. The Morgan fingerprint density at radius 3 is 2.50 bits per heavy atom. The Balaban J connectivity index is 1.60. The van der Waals surface area contributed by atoms with Crippen LogP contribution in [-0.4, -0.2) is 21.0 Å². The van der Waals surface area contributed by atoms with Crippen molar-refractivity contribution in [2.75, 3.05) is 5.32 Å². The zero-order valence-corrected chi connectivity index (χ0v) is 15.3. The Hall–Kier alpha value is -3.80. The maximum atomic E-state index is 12.6. The number of carbonyl (C=O) groups excluding carboxylic acids is 1. The molecule has 0 spiro atoms.